The van der Waals surface area contributed by atoms with Crippen LogP contribution in [0.25, 0.3) is 0 Å². The van der Waals surface area contributed by atoms with Crippen LogP contribution in [0, 0.1) is 6.92 Å². The summed E-state index contributed by atoms with van der Waals surface area (Å²) in [5.74, 6) is 1.87. The van der Waals surface area contributed by atoms with Gasteiger partial charge in [-0.05, 0) is 54.8 Å². The van der Waals surface area contributed by atoms with Crippen molar-refractivity contribution in [3.63, 3.8) is 0 Å². The van der Waals surface area contributed by atoms with Crippen LogP contribution in [0.1, 0.15) is 31.0 Å². The fraction of sp³-hybridized carbons (Fsp3) is 0.273. The third kappa shape index (κ3) is 4.97. The van der Waals surface area contributed by atoms with E-state index >= 15 is 0 Å². The molecule has 27 heavy (non-hydrogen) atoms. The van der Waals surface area contributed by atoms with Gasteiger partial charge >= 0.3 is 0 Å². The molecule has 0 spiro atoms. The van der Waals surface area contributed by atoms with Crippen molar-refractivity contribution in [1.82, 2.24) is 9.97 Å². The van der Waals surface area contributed by atoms with E-state index in [1.807, 2.05) is 39.2 Å². The Morgan fingerprint density at radius 3 is 2.00 bits per heavy atom. The number of anilines is 5. The number of aromatic nitrogens is 2. The van der Waals surface area contributed by atoms with Crippen molar-refractivity contribution in [1.29, 1.82) is 0 Å². The van der Waals surface area contributed by atoms with Crippen LogP contribution in [0.15, 0.2) is 54.6 Å². The van der Waals surface area contributed by atoms with Gasteiger partial charge in [-0.2, -0.15) is 4.98 Å². The molecule has 5 heteroatoms. The molecule has 0 radical (unpaired) electrons. The monoisotopic (exact) mass is 361 g/mol. The zero-order valence-electron chi connectivity index (χ0n) is 16.6. The van der Waals surface area contributed by atoms with Crippen molar-refractivity contribution in [2.24, 2.45) is 0 Å². The van der Waals surface area contributed by atoms with Crippen LogP contribution in [0.5, 0.6) is 0 Å². The van der Waals surface area contributed by atoms with Crippen molar-refractivity contribution in [3.8, 4) is 0 Å². The summed E-state index contributed by atoms with van der Waals surface area (Å²) in [4.78, 5) is 11.2. The summed E-state index contributed by atoms with van der Waals surface area (Å²) in [6.07, 6.45) is 0. The quantitative estimate of drug-likeness (QED) is 0.610. The van der Waals surface area contributed by atoms with Gasteiger partial charge in [0.2, 0.25) is 5.95 Å². The molecule has 0 aliphatic carbocycles. The number of nitrogens with zero attached hydrogens (tertiary/aromatic N) is 3. The lowest BCUT2D eigenvalue weighted by molar-refractivity contribution is 0.867. The SMILES string of the molecule is Cc1cc(Nc2ccc(N(C)C)cc2)nc(Nc2ccc(C(C)C)cc2)n1. The molecule has 1 heterocycles. The molecule has 0 saturated carbocycles. The molecule has 140 valence electrons. The molecule has 0 bridgehead atoms. The molecule has 2 aromatic carbocycles. The minimum absolute atomic E-state index is 0.518. The highest BCUT2D eigenvalue weighted by Crippen LogP contribution is 2.22. The lowest BCUT2D eigenvalue weighted by Gasteiger charge is -2.14. The summed E-state index contributed by atoms with van der Waals surface area (Å²) in [5, 5.41) is 6.64. The zero-order chi connectivity index (χ0) is 19.4. The number of benzene rings is 2. The molecular formula is C22H27N5. The molecule has 0 atom stereocenters. The van der Waals surface area contributed by atoms with Crippen LogP contribution in [-0.2, 0) is 0 Å². The smallest absolute Gasteiger partial charge is 0.229 e. The summed E-state index contributed by atoms with van der Waals surface area (Å²) in [6, 6.07) is 18.6. The topological polar surface area (TPSA) is 53.1 Å². The Balaban J connectivity index is 1.75. The Kier molecular flexibility index (Phi) is 5.60. The van der Waals surface area contributed by atoms with E-state index in [9.17, 15) is 0 Å². The predicted molar refractivity (Wildman–Crippen MR) is 115 cm³/mol. The van der Waals surface area contributed by atoms with E-state index in [-0.39, 0.29) is 0 Å². The lowest BCUT2D eigenvalue weighted by atomic mass is 10.0. The fourth-order valence-electron chi connectivity index (χ4n) is 2.76. The zero-order valence-corrected chi connectivity index (χ0v) is 16.6. The second-order valence-corrected chi connectivity index (χ2v) is 7.19. The third-order valence-corrected chi connectivity index (χ3v) is 4.34. The Labute approximate surface area is 161 Å². The van der Waals surface area contributed by atoms with Gasteiger partial charge in [0.1, 0.15) is 5.82 Å². The predicted octanol–water partition coefficient (Wildman–Crippen LogP) is 5.46. The van der Waals surface area contributed by atoms with Crippen LogP contribution in [-0.4, -0.2) is 24.1 Å². The maximum absolute atomic E-state index is 4.60. The third-order valence-electron chi connectivity index (χ3n) is 4.34. The summed E-state index contributed by atoms with van der Waals surface area (Å²) in [7, 11) is 4.06. The Morgan fingerprint density at radius 2 is 1.41 bits per heavy atom. The molecule has 0 aliphatic heterocycles. The van der Waals surface area contributed by atoms with E-state index < -0.39 is 0 Å². The van der Waals surface area contributed by atoms with Gasteiger partial charge in [-0.25, -0.2) is 4.98 Å². The van der Waals surface area contributed by atoms with Gasteiger partial charge in [0.05, 0.1) is 0 Å². The first-order valence-electron chi connectivity index (χ1n) is 9.18. The van der Waals surface area contributed by atoms with Gasteiger partial charge in [-0.3, -0.25) is 0 Å². The maximum Gasteiger partial charge on any atom is 0.229 e. The normalized spacial score (nSPS) is 10.7. The van der Waals surface area contributed by atoms with Gasteiger partial charge in [0.15, 0.2) is 0 Å². The summed E-state index contributed by atoms with van der Waals surface area (Å²) < 4.78 is 0. The maximum atomic E-state index is 4.60. The molecule has 1 aromatic heterocycles. The molecule has 3 rings (SSSR count). The van der Waals surface area contributed by atoms with Crippen LogP contribution < -0.4 is 15.5 Å². The van der Waals surface area contributed by atoms with Crippen molar-refractivity contribution in [2.45, 2.75) is 26.7 Å². The van der Waals surface area contributed by atoms with Gasteiger partial charge in [-0.15, -0.1) is 0 Å². The van der Waals surface area contributed by atoms with E-state index in [1.54, 1.807) is 0 Å². The Hall–Kier alpha value is -3.08. The van der Waals surface area contributed by atoms with Crippen molar-refractivity contribution in [3.05, 3.63) is 65.9 Å². The molecule has 0 amide bonds. The van der Waals surface area contributed by atoms with Crippen molar-refractivity contribution >= 4 is 28.8 Å². The number of aryl methyl sites for hydroxylation is 1. The first-order valence-corrected chi connectivity index (χ1v) is 9.18. The number of hydrogen-bond donors (Lipinski definition) is 2. The van der Waals surface area contributed by atoms with Crippen LogP contribution in [0.3, 0.4) is 0 Å². The van der Waals surface area contributed by atoms with Gasteiger partial charge in [0.25, 0.3) is 0 Å². The highest BCUT2D eigenvalue weighted by Gasteiger charge is 2.05. The van der Waals surface area contributed by atoms with E-state index in [0.717, 1.165) is 28.6 Å². The van der Waals surface area contributed by atoms with Crippen LogP contribution >= 0.6 is 0 Å². The van der Waals surface area contributed by atoms with Gasteiger partial charge < -0.3 is 15.5 Å². The van der Waals surface area contributed by atoms with Gasteiger partial charge in [-0.1, -0.05) is 26.0 Å². The van der Waals surface area contributed by atoms with Gasteiger partial charge in [0, 0.05) is 42.9 Å². The Morgan fingerprint density at radius 1 is 0.815 bits per heavy atom. The van der Waals surface area contributed by atoms with Crippen LogP contribution in [0.4, 0.5) is 28.8 Å². The molecule has 0 saturated heterocycles. The number of rotatable bonds is 6. The molecule has 0 unspecified atom stereocenters. The van der Waals surface area contributed by atoms with E-state index in [2.05, 4.69) is 75.7 Å². The summed E-state index contributed by atoms with van der Waals surface area (Å²) in [6.45, 7) is 6.35. The minimum Gasteiger partial charge on any atom is -0.378 e. The van der Waals surface area contributed by atoms with Crippen molar-refractivity contribution in [2.75, 3.05) is 29.6 Å². The average molecular weight is 361 g/mol. The highest BCUT2D eigenvalue weighted by atomic mass is 15.1. The highest BCUT2D eigenvalue weighted by molar-refractivity contribution is 5.62. The van der Waals surface area contributed by atoms with E-state index in [4.69, 9.17) is 0 Å². The molecule has 0 fully saturated rings. The van der Waals surface area contributed by atoms with Crippen LogP contribution in [0.2, 0.25) is 0 Å². The van der Waals surface area contributed by atoms with E-state index in [0.29, 0.717) is 11.9 Å². The second-order valence-electron chi connectivity index (χ2n) is 7.19. The summed E-state index contributed by atoms with van der Waals surface area (Å²) in [5.41, 5.74) is 5.34. The molecular weight excluding hydrogens is 334 g/mol. The number of hydrogen-bond acceptors (Lipinski definition) is 5. The Bertz CT molecular complexity index is 812. The first kappa shape index (κ1) is 18.7. The molecule has 0 aliphatic rings. The minimum atomic E-state index is 0.518. The fourth-order valence-corrected chi connectivity index (χ4v) is 2.76. The second kappa shape index (κ2) is 8.08. The van der Waals surface area contributed by atoms with E-state index in [1.165, 1.54) is 5.56 Å². The molecule has 3 aromatic rings. The first-order chi connectivity index (χ1) is 12.9. The summed E-state index contributed by atoms with van der Waals surface area (Å²) >= 11 is 0. The largest absolute Gasteiger partial charge is 0.378 e. The number of nitrogens with one attached hydrogen (secondary N) is 2. The molecule has 5 nitrogen and oxygen atoms in total. The molecule has 2 N–H and O–H groups in total. The average Bonchev–Trinajstić information content (AvgIpc) is 2.62. The standard InChI is InChI=1S/C22H27N5/c1-15(2)17-6-8-19(9-7-17)25-22-23-16(3)14-21(26-22)24-18-10-12-20(13-11-18)27(4)5/h6-15H,1-5H3,(H2,23,24,25,26). The lowest BCUT2D eigenvalue weighted by Crippen LogP contribution is -2.08. The van der Waals surface area contributed by atoms with Crippen molar-refractivity contribution < 1.29 is 0 Å².